The van der Waals surface area contributed by atoms with E-state index in [0.717, 1.165) is 24.8 Å². The van der Waals surface area contributed by atoms with Gasteiger partial charge in [0.25, 0.3) is 0 Å². The number of rotatable bonds is 9. The highest BCUT2D eigenvalue weighted by molar-refractivity contribution is 7.89. The quantitative estimate of drug-likeness (QED) is 0.689. The molecule has 0 unspecified atom stereocenters. The van der Waals surface area contributed by atoms with Gasteiger partial charge in [0.1, 0.15) is 0 Å². The van der Waals surface area contributed by atoms with Crippen LogP contribution in [0.2, 0.25) is 0 Å². The van der Waals surface area contributed by atoms with Gasteiger partial charge in [0, 0.05) is 19.1 Å². The Morgan fingerprint density at radius 3 is 2.43 bits per heavy atom. The van der Waals surface area contributed by atoms with Gasteiger partial charge in [-0.3, -0.25) is 0 Å². The van der Waals surface area contributed by atoms with Crippen LogP contribution >= 0.6 is 0 Å². The van der Waals surface area contributed by atoms with E-state index in [4.69, 9.17) is 0 Å². The summed E-state index contributed by atoms with van der Waals surface area (Å²) in [5, 5.41) is 3.35. The first-order valence-electron chi connectivity index (χ1n) is 7.75. The Kier molecular flexibility index (Phi) is 7.35. The second-order valence-corrected chi connectivity index (χ2v) is 7.34. The Hall–Kier alpha value is -0.910. The van der Waals surface area contributed by atoms with E-state index in [1.165, 1.54) is 5.56 Å². The molecule has 0 radical (unpaired) electrons. The first-order valence-corrected chi connectivity index (χ1v) is 9.23. The number of nitrogens with one attached hydrogen (secondary N) is 2. The molecule has 0 spiro atoms. The van der Waals surface area contributed by atoms with Crippen molar-refractivity contribution in [2.24, 2.45) is 0 Å². The summed E-state index contributed by atoms with van der Waals surface area (Å²) in [5.74, 6) is 0. The minimum Gasteiger partial charge on any atom is -0.310 e. The van der Waals surface area contributed by atoms with E-state index in [2.05, 4.69) is 30.8 Å². The number of benzene rings is 1. The maximum absolute atomic E-state index is 12.3. The molecule has 0 saturated heterocycles. The van der Waals surface area contributed by atoms with Gasteiger partial charge in [0.05, 0.1) is 4.90 Å². The summed E-state index contributed by atoms with van der Waals surface area (Å²) in [6, 6.07) is 5.79. The zero-order valence-corrected chi connectivity index (χ0v) is 14.4. The molecule has 0 saturated carbocycles. The highest BCUT2D eigenvalue weighted by Gasteiger charge is 2.15. The monoisotopic (exact) mass is 312 g/mol. The van der Waals surface area contributed by atoms with Gasteiger partial charge in [-0.15, -0.1) is 0 Å². The molecule has 0 atom stereocenters. The molecule has 5 heteroatoms. The van der Waals surface area contributed by atoms with Gasteiger partial charge >= 0.3 is 0 Å². The van der Waals surface area contributed by atoms with Crippen molar-refractivity contribution in [1.29, 1.82) is 0 Å². The zero-order valence-electron chi connectivity index (χ0n) is 13.6. The minimum atomic E-state index is -3.40. The van der Waals surface area contributed by atoms with E-state index in [-0.39, 0.29) is 0 Å². The molecule has 0 aliphatic rings. The molecule has 1 aromatic carbocycles. The van der Waals surface area contributed by atoms with Crippen molar-refractivity contribution in [3.63, 3.8) is 0 Å². The van der Waals surface area contributed by atoms with Crippen LogP contribution in [0.25, 0.3) is 0 Å². The smallest absolute Gasteiger partial charge is 0.240 e. The summed E-state index contributed by atoms with van der Waals surface area (Å²) in [6.07, 6.45) is 2.73. The molecule has 4 nitrogen and oxygen atoms in total. The largest absolute Gasteiger partial charge is 0.310 e. The Morgan fingerprint density at radius 1 is 1.14 bits per heavy atom. The van der Waals surface area contributed by atoms with Crippen LogP contribution in [-0.4, -0.2) is 21.0 Å². The Bertz CT molecular complexity index is 539. The second-order valence-electron chi connectivity index (χ2n) is 5.57. The van der Waals surface area contributed by atoms with Crippen molar-refractivity contribution in [1.82, 2.24) is 10.0 Å². The van der Waals surface area contributed by atoms with Crippen LogP contribution in [0.1, 0.15) is 51.7 Å². The van der Waals surface area contributed by atoms with Crippen LogP contribution in [0, 0.1) is 0 Å². The fourth-order valence-corrected chi connectivity index (χ4v) is 3.18. The predicted octanol–water partition coefficient (Wildman–Crippen LogP) is 2.83. The van der Waals surface area contributed by atoms with Crippen LogP contribution < -0.4 is 10.0 Å². The summed E-state index contributed by atoms with van der Waals surface area (Å²) in [5.41, 5.74) is 2.25. The standard InChI is InChI=1S/C16H28N2O2S/c1-5-7-10-18-21(19,20)16-9-8-14(6-2)15(11-16)12-17-13(3)4/h8-9,11,13,17-18H,5-7,10,12H2,1-4H3. The van der Waals surface area contributed by atoms with Crippen molar-refractivity contribution in [2.75, 3.05) is 6.54 Å². The SMILES string of the molecule is CCCCNS(=O)(=O)c1ccc(CC)c(CNC(C)C)c1. The third kappa shape index (κ3) is 5.77. The molecule has 0 bridgehead atoms. The molecule has 21 heavy (non-hydrogen) atoms. The van der Waals surface area contributed by atoms with Crippen LogP contribution in [0.3, 0.4) is 0 Å². The molecular weight excluding hydrogens is 284 g/mol. The number of hydrogen-bond donors (Lipinski definition) is 2. The van der Waals surface area contributed by atoms with E-state index >= 15 is 0 Å². The maximum atomic E-state index is 12.3. The summed E-state index contributed by atoms with van der Waals surface area (Å²) in [4.78, 5) is 0.358. The van der Waals surface area contributed by atoms with Crippen LogP contribution in [-0.2, 0) is 23.0 Å². The first kappa shape index (κ1) is 18.1. The topological polar surface area (TPSA) is 58.2 Å². The van der Waals surface area contributed by atoms with Crippen LogP contribution in [0.4, 0.5) is 0 Å². The summed E-state index contributed by atoms with van der Waals surface area (Å²) in [6.45, 7) is 9.48. The van der Waals surface area contributed by atoms with Crippen molar-refractivity contribution >= 4 is 10.0 Å². The van der Waals surface area contributed by atoms with Gasteiger partial charge in [-0.2, -0.15) is 0 Å². The van der Waals surface area contributed by atoms with Gasteiger partial charge in [0.2, 0.25) is 10.0 Å². The molecule has 0 amide bonds. The third-order valence-corrected chi connectivity index (χ3v) is 4.85. The lowest BCUT2D eigenvalue weighted by Crippen LogP contribution is -2.26. The van der Waals surface area contributed by atoms with Crippen molar-refractivity contribution in [2.45, 2.75) is 64.4 Å². The van der Waals surface area contributed by atoms with Gasteiger partial charge in [-0.05, 0) is 36.1 Å². The molecule has 0 aliphatic heterocycles. The van der Waals surface area contributed by atoms with Crippen LogP contribution in [0.5, 0.6) is 0 Å². The molecule has 0 aromatic heterocycles. The first-order chi connectivity index (χ1) is 9.90. The number of sulfonamides is 1. The minimum absolute atomic E-state index is 0.358. The molecular formula is C16H28N2O2S. The predicted molar refractivity (Wildman–Crippen MR) is 87.9 cm³/mol. The van der Waals surface area contributed by atoms with E-state index < -0.39 is 10.0 Å². The Labute approximate surface area is 129 Å². The lowest BCUT2D eigenvalue weighted by atomic mass is 10.1. The molecule has 1 rings (SSSR count). The molecule has 1 aromatic rings. The summed E-state index contributed by atoms with van der Waals surface area (Å²) >= 11 is 0. The van der Waals surface area contributed by atoms with Gasteiger partial charge in [0.15, 0.2) is 0 Å². The van der Waals surface area contributed by atoms with Crippen molar-refractivity contribution in [3.05, 3.63) is 29.3 Å². The number of aryl methyl sites for hydroxylation is 1. The lowest BCUT2D eigenvalue weighted by Gasteiger charge is -2.14. The average molecular weight is 312 g/mol. The second kappa shape index (κ2) is 8.51. The fraction of sp³-hybridized carbons (Fsp3) is 0.625. The van der Waals surface area contributed by atoms with Gasteiger partial charge in [-0.1, -0.05) is 40.2 Å². The van der Waals surface area contributed by atoms with E-state index in [1.807, 2.05) is 13.0 Å². The molecule has 120 valence electrons. The van der Waals surface area contributed by atoms with E-state index in [0.29, 0.717) is 24.0 Å². The third-order valence-electron chi connectivity index (χ3n) is 3.39. The lowest BCUT2D eigenvalue weighted by molar-refractivity contribution is 0.575. The van der Waals surface area contributed by atoms with E-state index in [1.54, 1.807) is 12.1 Å². The number of unbranched alkanes of at least 4 members (excludes halogenated alkanes) is 1. The molecule has 0 heterocycles. The summed E-state index contributed by atoms with van der Waals surface area (Å²) in [7, 11) is -3.40. The molecule has 2 N–H and O–H groups in total. The molecule has 0 fully saturated rings. The van der Waals surface area contributed by atoms with Crippen molar-refractivity contribution < 1.29 is 8.42 Å². The normalized spacial score (nSPS) is 12.0. The fourth-order valence-electron chi connectivity index (χ4n) is 2.06. The van der Waals surface area contributed by atoms with E-state index in [9.17, 15) is 8.42 Å². The maximum Gasteiger partial charge on any atom is 0.240 e. The molecule has 0 aliphatic carbocycles. The highest BCUT2D eigenvalue weighted by Crippen LogP contribution is 2.17. The summed E-state index contributed by atoms with van der Waals surface area (Å²) < 4.78 is 27.2. The Morgan fingerprint density at radius 2 is 1.86 bits per heavy atom. The van der Waals surface area contributed by atoms with Crippen LogP contribution in [0.15, 0.2) is 23.1 Å². The van der Waals surface area contributed by atoms with Crippen molar-refractivity contribution in [3.8, 4) is 0 Å². The number of hydrogen-bond acceptors (Lipinski definition) is 3. The average Bonchev–Trinajstić information content (AvgIpc) is 2.44. The van der Waals surface area contributed by atoms with Gasteiger partial charge in [-0.25, -0.2) is 13.1 Å². The zero-order chi connectivity index (χ0) is 15.9. The van der Waals surface area contributed by atoms with Gasteiger partial charge < -0.3 is 5.32 Å². The Balaban J connectivity index is 2.95. The highest BCUT2D eigenvalue weighted by atomic mass is 32.2.